The highest BCUT2D eigenvalue weighted by molar-refractivity contribution is 7.98. The van der Waals surface area contributed by atoms with E-state index < -0.39 is 0 Å². The number of nitrogens with one attached hydrogen (secondary N) is 1. The fourth-order valence-electron chi connectivity index (χ4n) is 1.14. The zero-order valence-electron chi connectivity index (χ0n) is 9.64. The van der Waals surface area contributed by atoms with Gasteiger partial charge < -0.3 is 5.32 Å². The van der Waals surface area contributed by atoms with Crippen LogP contribution in [0.1, 0.15) is 39.5 Å². The third-order valence-electron chi connectivity index (χ3n) is 2.10. The summed E-state index contributed by atoms with van der Waals surface area (Å²) in [4.78, 5) is 11.2. The molecule has 0 aromatic heterocycles. The number of amides is 1. The Morgan fingerprint density at radius 3 is 2.43 bits per heavy atom. The first-order valence-electron chi connectivity index (χ1n) is 5.45. The van der Waals surface area contributed by atoms with E-state index in [0.717, 1.165) is 13.0 Å². The van der Waals surface area contributed by atoms with Crippen molar-refractivity contribution in [3.63, 3.8) is 0 Å². The minimum absolute atomic E-state index is 0.117. The average Bonchev–Trinajstić information content (AvgIpc) is 2.16. The number of hydrogen-bond acceptors (Lipinski definition) is 2. The third kappa shape index (κ3) is 8.42. The topological polar surface area (TPSA) is 29.1 Å². The van der Waals surface area contributed by atoms with Crippen LogP contribution in [0.5, 0.6) is 0 Å². The fourth-order valence-corrected chi connectivity index (χ4v) is 1.63. The molecule has 14 heavy (non-hydrogen) atoms. The van der Waals surface area contributed by atoms with Gasteiger partial charge in [0.2, 0.25) is 5.91 Å². The van der Waals surface area contributed by atoms with Gasteiger partial charge in [-0.2, -0.15) is 11.8 Å². The van der Waals surface area contributed by atoms with E-state index in [0.29, 0.717) is 0 Å². The fraction of sp³-hybridized carbons (Fsp3) is 0.909. The summed E-state index contributed by atoms with van der Waals surface area (Å²) in [6.45, 7) is 4.69. The summed E-state index contributed by atoms with van der Waals surface area (Å²) >= 11 is 1.90. The summed E-state index contributed by atoms with van der Waals surface area (Å²) in [6.07, 6.45) is 7.09. The second-order valence-corrected chi connectivity index (χ2v) is 4.84. The maximum absolute atomic E-state index is 11.2. The van der Waals surface area contributed by atoms with Crippen molar-refractivity contribution in [1.29, 1.82) is 0 Å². The molecular weight excluding hydrogens is 194 g/mol. The van der Waals surface area contributed by atoms with Crippen LogP contribution >= 0.6 is 11.8 Å². The highest BCUT2D eigenvalue weighted by atomic mass is 32.2. The molecule has 84 valence electrons. The second kappa shape index (κ2) is 9.38. The second-order valence-electron chi connectivity index (χ2n) is 3.85. The lowest BCUT2D eigenvalue weighted by Gasteiger charge is -2.06. The monoisotopic (exact) mass is 217 g/mol. The third-order valence-corrected chi connectivity index (χ3v) is 2.80. The van der Waals surface area contributed by atoms with Crippen LogP contribution in [0.15, 0.2) is 0 Å². The van der Waals surface area contributed by atoms with E-state index >= 15 is 0 Å². The molecule has 0 atom stereocenters. The van der Waals surface area contributed by atoms with Gasteiger partial charge in [0.1, 0.15) is 0 Å². The van der Waals surface area contributed by atoms with Crippen LogP contribution in [0.3, 0.4) is 0 Å². The standard InChI is InChI=1S/C11H23NOS/c1-10(2)11(13)12-8-6-4-5-7-9-14-3/h10H,4-9H2,1-3H3,(H,12,13). The number of carbonyl (C=O) groups is 1. The molecule has 0 aromatic carbocycles. The zero-order valence-corrected chi connectivity index (χ0v) is 10.5. The number of rotatable bonds is 8. The van der Waals surface area contributed by atoms with E-state index in [4.69, 9.17) is 0 Å². The summed E-state index contributed by atoms with van der Waals surface area (Å²) in [5, 5.41) is 2.93. The minimum Gasteiger partial charge on any atom is -0.356 e. The van der Waals surface area contributed by atoms with Gasteiger partial charge in [-0.1, -0.05) is 26.7 Å². The van der Waals surface area contributed by atoms with E-state index in [1.165, 1.54) is 25.0 Å². The first-order chi connectivity index (χ1) is 6.68. The first-order valence-corrected chi connectivity index (χ1v) is 6.84. The lowest BCUT2D eigenvalue weighted by atomic mass is 10.2. The Labute approximate surface area is 92.2 Å². The van der Waals surface area contributed by atoms with Crippen molar-refractivity contribution < 1.29 is 4.79 Å². The van der Waals surface area contributed by atoms with Gasteiger partial charge in [0.15, 0.2) is 0 Å². The van der Waals surface area contributed by atoms with E-state index in [1.54, 1.807) is 0 Å². The Morgan fingerprint density at radius 1 is 1.21 bits per heavy atom. The van der Waals surface area contributed by atoms with Gasteiger partial charge in [-0.05, 0) is 24.9 Å². The van der Waals surface area contributed by atoms with Gasteiger partial charge >= 0.3 is 0 Å². The molecule has 1 amide bonds. The molecule has 0 aliphatic carbocycles. The van der Waals surface area contributed by atoms with Crippen molar-refractivity contribution in [3.05, 3.63) is 0 Å². The molecule has 0 aromatic rings. The van der Waals surface area contributed by atoms with Crippen LogP contribution in [-0.4, -0.2) is 24.5 Å². The molecule has 0 spiro atoms. The van der Waals surface area contributed by atoms with Crippen LogP contribution in [0.2, 0.25) is 0 Å². The van der Waals surface area contributed by atoms with Crippen molar-refractivity contribution in [1.82, 2.24) is 5.32 Å². The summed E-state index contributed by atoms with van der Waals surface area (Å²) in [5.41, 5.74) is 0. The minimum atomic E-state index is 0.117. The highest BCUT2D eigenvalue weighted by Gasteiger charge is 2.04. The van der Waals surface area contributed by atoms with Gasteiger partial charge in [0, 0.05) is 12.5 Å². The molecule has 0 fully saturated rings. The molecule has 0 heterocycles. The molecule has 3 heteroatoms. The maximum Gasteiger partial charge on any atom is 0.222 e. The van der Waals surface area contributed by atoms with E-state index in [1.807, 2.05) is 25.6 Å². The van der Waals surface area contributed by atoms with Gasteiger partial charge in [-0.25, -0.2) is 0 Å². The highest BCUT2D eigenvalue weighted by Crippen LogP contribution is 2.04. The molecule has 0 bridgehead atoms. The van der Waals surface area contributed by atoms with Crippen molar-refractivity contribution >= 4 is 17.7 Å². The normalized spacial score (nSPS) is 10.6. The predicted octanol–water partition coefficient (Wildman–Crippen LogP) is 2.68. The maximum atomic E-state index is 11.2. The van der Waals surface area contributed by atoms with Crippen LogP contribution in [-0.2, 0) is 4.79 Å². The molecule has 1 N–H and O–H groups in total. The zero-order chi connectivity index (χ0) is 10.8. The Kier molecular flexibility index (Phi) is 9.26. The van der Waals surface area contributed by atoms with Gasteiger partial charge in [0.05, 0.1) is 0 Å². The molecule has 0 aliphatic heterocycles. The van der Waals surface area contributed by atoms with Crippen molar-refractivity contribution in [2.75, 3.05) is 18.6 Å². The quantitative estimate of drug-likeness (QED) is 0.633. The molecule has 0 aliphatic rings. The van der Waals surface area contributed by atoms with E-state index in [-0.39, 0.29) is 11.8 Å². The molecular formula is C11H23NOS. The Morgan fingerprint density at radius 2 is 1.86 bits per heavy atom. The Hall–Kier alpha value is -0.180. The summed E-state index contributed by atoms with van der Waals surface area (Å²) < 4.78 is 0. The van der Waals surface area contributed by atoms with Crippen molar-refractivity contribution in [3.8, 4) is 0 Å². The summed E-state index contributed by atoms with van der Waals surface area (Å²) in [5.74, 6) is 1.55. The molecule has 0 saturated carbocycles. The molecule has 0 unspecified atom stereocenters. The number of carbonyl (C=O) groups excluding carboxylic acids is 1. The smallest absolute Gasteiger partial charge is 0.222 e. The van der Waals surface area contributed by atoms with Crippen molar-refractivity contribution in [2.45, 2.75) is 39.5 Å². The average molecular weight is 217 g/mol. The molecule has 0 rings (SSSR count). The number of hydrogen-bond donors (Lipinski definition) is 1. The number of unbranched alkanes of at least 4 members (excludes halogenated alkanes) is 3. The lowest BCUT2D eigenvalue weighted by molar-refractivity contribution is -0.123. The van der Waals surface area contributed by atoms with Crippen LogP contribution in [0.25, 0.3) is 0 Å². The van der Waals surface area contributed by atoms with Crippen LogP contribution in [0.4, 0.5) is 0 Å². The van der Waals surface area contributed by atoms with Crippen molar-refractivity contribution in [2.24, 2.45) is 5.92 Å². The van der Waals surface area contributed by atoms with Crippen LogP contribution in [0, 0.1) is 5.92 Å². The predicted molar refractivity (Wildman–Crippen MR) is 64.7 cm³/mol. The largest absolute Gasteiger partial charge is 0.356 e. The SMILES string of the molecule is CSCCCCCCNC(=O)C(C)C. The Balaban J connectivity index is 3.10. The van der Waals surface area contributed by atoms with E-state index in [9.17, 15) is 4.79 Å². The lowest BCUT2D eigenvalue weighted by Crippen LogP contribution is -2.28. The van der Waals surface area contributed by atoms with Gasteiger partial charge in [-0.15, -0.1) is 0 Å². The first kappa shape index (κ1) is 13.8. The number of thioether (sulfide) groups is 1. The summed E-state index contributed by atoms with van der Waals surface area (Å²) in [6, 6.07) is 0. The summed E-state index contributed by atoms with van der Waals surface area (Å²) in [7, 11) is 0. The van der Waals surface area contributed by atoms with Gasteiger partial charge in [0.25, 0.3) is 0 Å². The Bertz CT molecular complexity index is 148. The van der Waals surface area contributed by atoms with Crippen LogP contribution < -0.4 is 5.32 Å². The molecule has 2 nitrogen and oxygen atoms in total. The van der Waals surface area contributed by atoms with Gasteiger partial charge in [-0.3, -0.25) is 4.79 Å². The molecule has 0 radical (unpaired) electrons. The van der Waals surface area contributed by atoms with E-state index in [2.05, 4.69) is 11.6 Å². The molecule has 0 saturated heterocycles.